The number of benzene rings is 1. The van der Waals surface area contributed by atoms with Crippen LogP contribution < -0.4 is 5.32 Å². The number of amides is 1. The van der Waals surface area contributed by atoms with Crippen molar-refractivity contribution in [3.63, 3.8) is 0 Å². The maximum absolute atomic E-state index is 12.2. The number of carbonyl (C=O) groups is 1. The molecule has 0 saturated carbocycles. The highest BCUT2D eigenvalue weighted by Crippen LogP contribution is 2.21. The molecule has 0 unspecified atom stereocenters. The van der Waals surface area contributed by atoms with E-state index in [-0.39, 0.29) is 12.3 Å². The first-order valence-corrected chi connectivity index (χ1v) is 9.25. The molecular weight excluding hydrogens is 342 g/mol. The highest BCUT2D eigenvalue weighted by Gasteiger charge is 2.10. The van der Waals surface area contributed by atoms with Gasteiger partial charge in [0.2, 0.25) is 5.91 Å². The number of rotatable bonds is 6. The lowest BCUT2D eigenvalue weighted by Gasteiger charge is -2.08. The van der Waals surface area contributed by atoms with E-state index in [0.717, 1.165) is 32.7 Å². The molecule has 6 nitrogen and oxygen atoms in total. The number of nitrogens with zero attached hydrogens (tertiary/aromatic N) is 3. The zero-order valence-corrected chi connectivity index (χ0v) is 15.0. The molecule has 0 fully saturated rings. The van der Waals surface area contributed by atoms with Gasteiger partial charge in [0.1, 0.15) is 11.3 Å². The van der Waals surface area contributed by atoms with Crippen LogP contribution in [0.4, 0.5) is 5.69 Å². The van der Waals surface area contributed by atoms with Crippen molar-refractivity contribution in [3.05, 3.63) is 51.7 Å². The molecule has 0 spiro atoms. The number of aromatic amines is 1. The number of H-pyrrole nitrogens is 1. The Kier molecular flexibility index (Phi) is 5.27. The lowest BCUT2D eigenvalue weighted by atomic mass is 10.1. The summed E-state index contributed by atoms with van der Waals surface area (Å²) < 4.78 is 0. The third-order valence-electron chi connectivity index (χ3n) is 3.33. The second-order valence-corrected chi connectivity index (χ2v) is 7.26. The Hall–Kier alpha value is -2.19. The van der Waals surface area contributed by atoms with E-state index < -0.39 is 0 Å². The van der Waals surface area contributed by atoms with E-state index in [0.29, 0.717) is 5.75 Å². The summed E-state index contributed by atoms with van der Waals surface area (Å²) in [5.41, 5.74) is 3.97. The van der Waals surface area contributed by atoms with Crippen molar-refractivity contribution >= 4 is 34.7 Å². The average molecular weight is 359 g/mol. The van der Waals surface area contributed by atoms with Gasteiger partial charge in [0, 0.05) is 16.8 Å². The SMILES string of the molecule is Cc1ccc(C)c(NC(=O)Cc2nc(CSc3ncn[nH]3)cs2)c1. The predicted molar refractivity (Wildman–Crippen MR) is 96.3 cm³/mol. The van der Waals surface area contributed by atoms with Gasteiger partial charge in [-0.15, -0.1) is 11.3 Å². The van der Waals surface area contributed by atoms with Crippen molar-refractivity contribution < 1.29 is 4.79 Å². The van der Waals surface area contributed by atoms with Crippen LogP contribution in [0.25, 0.3) is 0 Å². The van der Waals surface area contributed by atoms with E-state index >= 15 is 0 Å². The quantitative estimate of drug-likeness (QED) is 0.660. The van der Waals surface area contributed by atoms with Crippen LogP contribution in [0.5, 0.6) is 0 Å². The van der Waals surface area contributed by atoms with Gasteiger partial charge in [-0.2, -0.15) is 5.10 Å². The Balaban J connectivity index is 1.56. The molecule has 1 amide bonds. The fraction of sp³-hybridized carbons (Fsp3) is 0.250. The minimum Gasteiger partial charge on any atom is -0.325 e. The van der Waals surface area contributed by atoms with E-state index in [1.807, 2.05) is 37.4 Å². The number of nitrogens with one attached hydrogen (secondary N) is 2. The first-order valence-electron chi connectivity index (χ1n) is 7.38. The molecule has 0 saturated heterocycles. The van der Waals surface area contributed by atoms with Gasteiger partial charge in [-0.1, -0.05) is 23.9 Å². The van der Waals surface area contributed by atoms with Gasteiger partial charge >= 0.3 is 0 Å². The van der Waals surface area contributed by atoms with Crippen molar-refractivity contribution in [2.75, 3.05) is 5.32 Å². The number of thioether (sulfide) groups is 1. The van der Waals surface area contributed by atoms with Gasteiger partial charge in [-0.25, -0.2) is 9.97 Å². The second kappa shape index (κ2) is 7.59. The normalized spacial score (nSPS) is 10.8. The molecule has 1 aromatic carbocycles. The van der Waals surface area contributed by atoms with E-state index in [9.17, 15) is 4.79 Å². The number of thiazole rings is 1. The summed E-state index contributed by atoms with van der Waals surface area (Å²) in [5, 5.41) is 13.1. The Labute approximate surface area is 148 Å². The van der Waals surface area contributed by atoms with Crippen molar-refractivity contribution in [1.82, 2.24) is 20.2 Å². The maximum Gasteiger partial charge on any atom is 0.231 e. The maximum atomic E-state index is 12.2. The first-order chi connectivity index (χ1) is 11.6. The molecule has 2 aromatic heterocycles. The highest BCUT2D eigenvalue weighted by molar-refractivity contribution is 7.98. The fourth-order valence-corrected chi connectivity index (χ4v) is 3.67. The van der Waals surface area contributed by atoms with E-state index in [1.54, 1.807) is 0 Å². The standard InChI is InChI=1S/C16H17N5OS2/c1-10-3-4-11(2)13(5-10)20-14(22)6-15-19-12(7-23-15)8-24-16-17-9-18-21-16/h3-5,7,9H,6,8H2,1-2H3,(H,20,22)(H,17,18,21). The summed E-state index contributed by atoms with van der Waals surface area (Å²) in [6, 6.07) is 6.02. The van der Waals surface area contributed by atoms with Gasteiger partial charge in [-0.3, -0.25) is 9.89 Å². The molecule has 8 heteroatoms. The summed E-state index contributed by atoms with van der Waals surface area (Å²) >= 11 is 3.03. The number of aryl methyl sites for hydroxylation is 2. The molecule has 3 rings (SSSR count). The summed E-state index contributed by atoms with van der Waals surface area (Å²) in [6.07, 6.45) is 1.76. The molecule has 24 heavy (non-hydrogen) atoms. The number of hydrogen-bond donors (Lipinski definition) is 2. The van der Waals surface area contributed by atoms with Gasteiger partial charge in [0.15, 0.2) is 5.16 Å². The monoisotopic (exact) mass is 359 g/mol. The summed E-state index contributed by atoms with van der Waals surface area (Å²) in [7, 11) is 0. The third kappa shape index (κ3) is 4.42. The molecule has 0 aliphatic heterocycles. The van der Waals surface area contributed by atoms with Gasteiger partial charge in [0.25, 0.3) is 0 Å². The van der Waals surface area contributed by atoms with Gasteiger partial charge < -0.3 is 5.32 Å². The Morgan fingerprint density at radius 1 is 1.38 bits per heavy atom. The molecule has 0 aliphatic rings. The van der Waals surface area contributed by atoms with Crippen molar-refractivity contribution in [2.45, 2.75) is 31.2 Å². The van der Waals surface area contributed by atoms with E-state index in [1.165, 1.54) is 29.4 Å². The second-order valence-electron chi connectivity index (χ2n) is 5.36. The topological polar surface area (TPSA) is 83.6 Å². The molecule has 0 radical (unpaired) electrons. The minimum atomic E-state index is -0.0486. The molecular formula is C16H17N5OS2. The Morgan fingerprint density at radius 2 is 2.25 bits per heavy atom. The summed E-state index contributed by atoms with van der Waals surface area (Å²) in [5.74, 6) is 0.650. The average Bonchev–Trinajstić information content (AvgIpc) is 3.20. The third-order valence-corrected chi connectivity index (χ3v) is 5.14. The molecule has 0 bridgehead atoms. The van der Waals surface area contributed by atoms with Crippen LogP contribution in [-0.2, 0) is 17.0 Å². The van der Waals surface area contributed by atoms with E-state index in [4.69, 9.17) is 0 Å². The van der Waals surface area contributed by atoms with Crippen LogP contribution in [0, 0.1) is 13.8 Å². The lowest BCUT2D eigenvalue weighted by molar-refractivity contribution is -0.115. The van der Waals surface area contributed by atoms with Crippen molar-refractivity contribution in [1.29, 1.82) is 0 Å². The molecule has 3 aromatic rings. The van der Waals surface area contributed by atoms with Crippen LogP contribution in [0.2, 0.25) is 0 Å². The van der Waals surface area contributed by atoms with Crippen molar-refractivity contribution in [3.8, 4) is 0 Å². The highest BCUT2D eigenvalue weighted by atomic mass is 32.2. The zero-order chi connectivity index (χ0) is 16.9. The zero-order valence-electron chi connectivity index (χ0n) is 13.4. The fourth-order valence-electron chi connectivity index (χ4n) is 2.10. The molecule has 2 heterocycles. The molecule has 0 atom stereocenters. The predicted octanol–water partition coefficient (Wildman–Crippen LogP) is 3.35. The molecule has 2 N–H and O–H groups in total. The van der Waals surface area contributed by atoms with Gasteiger partial charge in [0.05, 0.1) is 12.1 Å². The number of anilines is 1. The van der Waals surface area contributed by atoms with Crippen molar-refractivity contribution in [2.24, 2.45) is 0 Å². The van der Waals surface area contributed by atoms with Crippen LogP contribution >= 0.6 is 23.1 Å². The Bertz CT molecular complexity index is 829. The minimum absolute atomic E-state index is 0.0486. The van der Waals surface area contributed by atoms with E-state index in [2.05, 4.69) is 25.5 Å². The number of aromatic nitrogens is 4. The van der Waals surface area contributed by atoms with Gasteiger partial charge in [-0.05, 0) is 31.0 Å². The molecule has 0 aliphatic carbocycles. The summed E-state index contributed by atoms with van der Waals surface area (Å²) in [4.78, 5) is 20.8. The number of carbonyl (C=O) groups excluding carboxylic acids is 1. The van der Waals surface area contributed by atoms with Crippen LogP contribution in [0.15, 0.2) is 35.1 Å². The number of hydrogen-bond acceptors (Lipinski definition) is 6. The summed E-state index contributed by atoms with van der Waals surface area (Å²) in [6.45, 7) is 3.99. The first kappa shape index (κ1) is 16.7. The lowest BCUT2D eigenvalue weighted by Crippen LogP contribution is -2.15. The smallest absolute Gasteiger partial charge is 0.231 e. The Morgan fingerprint density at radius 3 is 3.04 bits per heavy atom. The molecule has 124 valence electrons. The van der Waals surface area contributed by atoms with Crippen LogP contribution in [-0.4, -0.2) is 26.1 Å². The van der Waals surface area contributed by atoms with Crippen LogP contribution in [0.1, 0.15) is 21.8 Å². The van der Waals surface area contributed by atoms with Crippen LogP contribution in [0.3, 0.4) is 0 Å². The largest absolute Gasteiger partial charge is 0.325 e.